The van der Waals surface area contributed by atoms with Gasteiger partial charge in [0.1, 0.15) is 6.54 Å². The third-order valence-electron chi connectivity index (χ3n) is 3.02. The molecule has 8 heteroatoms. The van der Waals surface area contributed by atoms with Gasteiger partial charge in [0.25, 0.3) is 0 Å². The Bertz CT molecular complexity index is 684. The summed E-state index contributed by atoms with van der Waals surface area (Å²) in [4.78, 5) is 8.58. The minimum atomic E-state index is 0.320. The Morgan fingerprint density at radius 3 is 2.75 bits per heavy atom. The van der Waals surface area contributed by atoms with Gasteiger partial charge in [0, 0.05) is 25.2 Å². The molecule has 8 nitrogen and oxygen atoms in total. The lowest BCUT2D eigenvalue weighted by molar-refractivity contribution is 0.311. The van der Waals surface area contributed by atoms with Gasteiger partial charge in [-0.3, -0.25) is 0 Å². The molecule has 0 saturated heterocycles. The largest absolute Gasteiger partial charge is 0.493 e. The molecule has 0 atom stereocenters. The third-order valence-corrected chi connectivity index (χ3v) is 3.02. The van der Waals surface area contributed by atoms with E-state index in [0.717, 1.165) is 12.2 Å². The molecule has 1 aromatic carbocycles. The normalized spacial score (nSPS) is 11.2. The first kappa shape index (κ1) is 17.6. The summed E-state index contributed by atoms with van der Waals surface area (Å²) in [6.07, 6.45) is 0. The number of aryl methyl sites for hydroxylation is 1. The van der Waals surface area contributed by atoms with E-state index in [1.165, 1.54) is 0 Å². The molecule has 0 spiro atoms. The molecule has 2 aromatic rings. The zero-order valence-corrected chi connectivity index (χ0v) is 14.4. The van der Waals surface area contributed by atoms with Crippen LogP contribution in [0.2, 0.25) is 0 Å². The molecule has 0 bridgehead atoms. The molecule has 2 N–H and O–H groups in total. The maximum atomic E-state index is 5.52. The Morgan fingerprint density at radius 1 is 1.29 bits per heavy atom. The summed E-state index contributed by atoms with van der Waals surface area (Å²) in [5, 5.41) is 10.2. The van der Waals surface area contributed by atoms with E-state index in [0.29, 0.717) is 42.3 Å². The van der Waals surface area contributed by atoms with Gasteiger partial charge in [-0.2, -0.15) is 4.98 Å². The van der Waals surface area contributed by atoms with Gasteiger partial charge < -0.3 is 24.6 Å². The van der Waals surface area contributed by atoms with Crippen molar-refractivity contribution in [1.29, 1.82) is 0 Å². The lowest BCUT2D eigenvalue weighted by atomic mass is 10.2. The predicted molar refractivity (Wildman–Crippen MR) is 91.6 cm³/mol. The smallest absolute Gasteiger partial charge is 0.223 e. The molecule has 0 aliphatic carbocycles. The van der Waals surface area contributed by atoms with E-state index in [4.69, 9.17) is 14.0 Å². The number of hydrogen-bond acceptors (Lipinski definition) is 6. The van der Waals surface area contributed by atoms with Crippen molar-refractivity contribution in [3.8, 4) is 11.5 Å². The number of benzene rings is 1. The van der Waals surface area contributed by atoms with E-state index in [2.05, 4.69) is 25.8 Å². The van der Waals surface area contributed by atoms with Crippen LogP contribution in [0, 0.1) is 6.92 Å². The molecule has 0 fully saturated rings. The molecule has 2 rings (SSSR count). The van der Waals surface area contributed by atoms with Crippen molar-refractivity contribution < 1.29 is 14.0 Å². The van der Waals surface area contributed by atoms with E-state index < -0.39 is 0 Å². The van der Waals surface area contributed by atoms with E-state index in [1.54, 1.807) is 14.0 Å². The van der Waals surface area contributed by atoms with Gasteiger partial charge >= 0.3 is 0 Å². The van der Waals surface area contributed by atoms with Crippen LogP contribution in [-0.2, 0) is 6.54 Å². The number of aromatic nitrogens is 2. The fraction of sp³-hybridized carbons (Fsp3) is 0.438. The maximum absolute atomic E-state index is 5.52. The number of nitrogens with one attached hydrogen (secondary N) is 2. The lowest BCUT2D eigenvalue weighted by Crippen LogP contribution is -2.30. The highest BCUT2D eigenvalue weighted by atomic mass is 16.5. The van der Waals surface area contributed by atoms with Crippen LogP contribution in [0.3, 0.4) is 0 Å². The summed E-state index contributed by atoms with van der Waals surface area (Å²) in [7, 11) is 1.61. The van der Waals surface area contributed by atoms with Crippen LogP contribution in [0.1, 0.15) is 25.6 Å². The Labute approximate surface area is 141 Å². The molecule has 0 aliphatic rings. The first-order valence-corrected chi connectivity index (χ1v) is 7.81. The van der Waals surface area contributed by atoms with Gasteiger partial charge in [-0.15, -0.1) is 0 Å². The van der Waals surface area contributed by atoms with E-state index >= 15 is 0 Å². The van der Waals surface area contributed by atoms with Crippen molar-refractivity contribution in [2.75, 3.05) is 25.6 Å². The van der Waals surface area contributed by atoms with Crippen molar-refractivity contribution in [1.82, 2.24) is 15.5 Å². The Balaban J connectivity index is 2.11. The van der Waals surface area contributed by atoms with Crippen LogP contribution >= 0.6 is 0 Å². The number of guanidine groups is 1. The molecular weight excluding hydrogens is 310 g/mol. The average molecular weight is 333 g/mol. The summed E-state index contributed by atoms with van der Waals surface area (Å²) in [5.41, 5.74) is 0.833. The molecule has 0 unspecified atom stereocenters. The predicted octanol–water partition coefficient (Wildman–Crippen LogP) is 2.36. The zero-order valence-electron chi connectivity index (χ0n) is 14.4. The lowest BCUT2D eigenvalue weighted by Gasteiger charge is -2.14. The molecular formula is C16H23N5O3. The molecule has 0 amide bonds. The van der Waals surface area contributed by atoms with Gasteiger partial charge in [0.15, 0.2) is 23.3 Å². The highest BCUT2D eigenvalue weighted by Gasteiger charge is 2.07. The molecule has 0 radical (unpaired) electrons. The van der Waals surface area contributed by atoms with Crippen LogP contribution < -0.4 is 20.1 Å². The monoisotopic (exact) mass is 333 g/mol. The summed E-state index contributed by atoms with van der Waals surface area (Å²) >= 11 is 0. The fourth-order valence-corrected chi connectivity index (χ4v) is 2.02. The third kappa shape index (κ3) is 4.87. The number of anilines is 1. The first-order valence-electron chi connectivity index (χ1n) is 7.81. The van der Waals surface area contributed by atoms with Crippen LogP contribution in [0.5, 0.6) is 11.5 Å². The maximum Gasteiger partial charge on any atom is 0.223 e. The van der Waals surface area contributed by atoms with E-state index in [-0.39, 0.29) is 0 Å². The Morgan fingerprint density at radius 2 is 2.12 bits per heavy atom. The van der Waals surface area contributed by atoms with Crippen molar-refractivity contribution >= 4 is 11.6 Å². The second-order valence-electron chi connectivity index (χ2n) is 4.85. The second-order valence-corrected chi connectivity index (χ2v) is 4.85. The van der Waals surface area contributed by atoms with Crippen LogP contribution in [0.15, 0.2) is 27.7 Å². The summed E-state index contributed by atoms with van der Waals surface area (Å²) in [6.45, 7) is 7.30. The van der Waals surface area contributed by atoms with Crippen molar-refractivity contribution in [3.05, 3.63) is 29.9 Å². The average Bonchev–Trinajstić information content (AvgIpc) is 3.00. The van der Waals surface area contributed by atoms with Gasteiger partial charge in [-0.25, -0.2) is 4.99 Å². The van der Waals surface area contributed by atoms with Crippen molar-refractivity contribution in [2.24, 2.45) is 4.99 Å². The minimum absolute atomic E-state index is 0.320. The topological polar surface area (TPSA) is 93.8 Å². The summed E-state index contributed by atoms with van der Waals surface area (Å²) < 4.78 is 15.8. The zero-order chi connectivity index (χ0) is 17.4. The fourth-order valence-electron chi connectivity index (χ4n) is 2.02. The van der Waals surface area contributed by atoms with Crippen LogP contribution in [0.4, 0.5) is 5.69 Å². The summed E-state index contributed by atoms with van der Waals surface area (Å²) in [6, 6.07) is 5.62. The van der Waals surface area contributed by atoms with E-state index in [1.807, 2.05) is 32.0 Å². The quantitative estimate of drug-likeness (QED) is 0.593. The molecule has 0 aliphatic heterocycles. The molecule has 24 heavy (non-hydrogen) atoms. The van der Waals surface area contributed by atoms with Crippen LogP contribution in [0.25, 0.3) is 0 Å². The van der Waals surface area contributed by atoms with Crippen molar-refractivity contribution in [2.45, 2.75) is 27.3 Å². The minimum Gasteiger partial charge on any atom is -0.493 e. The SMILES string of the molecule is CCNC(=NCc1noc(C)n1)Nc1ccc(OCC)c(OC)c1. The highest BCUT2D eigenvalue weighted by molar-refractivity contribution is 5.93. The number of ether oxygens (including phenoxy) is 2. The molecule has 0 saturated carbocycles. The number of hydrogen-bond donors (Lipinski definition) is 2. The number of aliphatic imine (C=N–C) groups is 1. The number of methoxy groups -OCH3 is 1. The van der Waals surface area contributed by atoms with Gasteiger partial charge in [-0.1, -0.05) is 5.16 Å². The summed E-state index contributed by atoms with van der Waals surface area (Å²) in [5.74, 6) is 3.04. The number of rotatable bonds is 7. The van der Waals surface area contributed by atoms with Gasteiger partial charge in [0.2, 0.25) is 5.89 Å². The first-order chi connectivity index (χ1) is 11.7. The second kappa shape index (κ2) is 8.76. The standard InChI is InChI=1S/C16H23N5O3/c1-5-17-16(18-10-15-19-11(3)24-21-15)20-12-7-8-13(23-6-2)14(9-12)22-4/h7-9H,5-6,10H2,1-4H3,(H2,17,18,20). The van der Waals surface area contributed by atoms with Crippen LogP contribution in [-0.4, -0.2) is 36.4 Å². The van der Waals surface area contributed by atoms with Gasteiger partial charge in [-0.05, 0) is 26.0 Å². The molecule has 130 valence electrons. The van der Waals surface area contributed by atoms with E-state index in [9.17, 15) is 0 Å². The molecule has 1 aromatic heterocycles. The number of nitrogens with zero attached hydrogens (tertiary/aromatic N) is 3. The molecule has 1 heterocycles. The van der Waals surface area contributed by atoms with Crippen molar-refractivity contribution in [3.63, 3.8) is 0 Å². The van der Waals surface area contributed by atoms with Gasteiger partial charge in [0.05, 0.1) is 13.7 Å². The Hall–Kier alpha value is -2.77. The Kier molecular flexibility index (Phi) is 6.41. The highest BCUT2D eigenvalue weighted by Crippen LogP contribution is 2.30.